The van der Waals surface area contributed by atoms with Crippen LogP contribution in [-0.4, -0.2) is 13.0 Å². The van der Waals surface area contributed by atoms with Gasteiger partial charge in [-0.05, 0) is 29.2 Å². The second-order valence-electron chi connectivity index (χ2n) is 7.87. The molecule has 0 spiro atoms. The molecule has 5 heteroatoms. The molecule has 0 aliphatic rings. The fourth-order valence-corrected chi connectivity index (χ4v) is 4.88. The number of rotatable bonds is 14. The SMILES string of the molecule is CCCCCCCCCCCCCCc1ccc2ccccc2c1S(=O)(=O)[O-].[K+]. The first-order valence-corrected chi connectivity index (χ1v) is 12.4. The van der Waals surface area contributed by atoms with Crippen LogP contribution in [0.4, 0.5) is 0 Å². The van der Waals surface area contributed by atoms with Gasteiger partial charge in [0.1, 0.15) is 10.1 Å². The largest absolute Gasteiger partial charge is 1.00 e. The first-order valence-electron chi connectivity index (χ1n) is 11.0. The Kier molecular flexibility index (Phi) is 14.2. The van der Waals surface area contributed by atoms with Gasteiger partial charge in [-0.25, -0.2) is 8.42 Å². The number of hydrogen-bond acceptors (Lipinski definition) is 3. The van der Waals surface area contributed by atoms with Crippen molar-refractivity contribution in [3.63, 3.8) is 0 Å². The Morgan fingerprint density at radius 2 is 1.24 bits per heavy atom. The van der Waals surface area contributed by atoms with Crippen molar-refractivity contribution in [3.05, 3.63) is 42.0 Å². The second kappa shape index (κ2) is 15.1. The molecular weight excluding hydrogens is 407 g/mol. The van der Waals surface area contributed by atoms with E-state index in [0.29, 0.717) is 17.4 Å². The Bertz CT molecular complexity index is 818. The van der Waals surface area contributed by atoms with E-state index in [-0.39, 0.29) is 56.3 Å². The van der Waals surface area contributed by atoms with Crippen LogP contribution < -0.4 is 51.4 Å². The van der Waals surface area contributed by atoms with Crippen LogP contribution in [0.1, 0.15) is 89.5 Å². The van der Waals surface area contributed by atoms with Crippen molar-refractivity contribution in [2.45, 2.75) is 95.3 Å². The summed E-state index contributed by atoms with van der Waals surface area (Å²) in [6.45, 7) is 2.25. The van der Waals surface area contributed by atoms with Crippen molar-refractivity contribution in [2.24, 2.45) is 0 Å². The van der Waals surface area contributed by atoms with Gasteiger partial charge in [-0.3, -0.25) is 0 Å². The molecule has 0 aliphatic carbocycles. The number of fused-ring (bicyclic) bond motifs is 1. The molecule has 2 aromatic rings. The third-order valence-corrected chi connectivity index (χ3v) is 6.49. The molecule has 0 saturated carbocycles. The topological polar surface area (TPSA) is 57.2 Å². The maximum atomic E-state index is 11.8. The molecule has 2 aromatic carbocycles. The van der Waals surface area contributed by atoms with Crippen molar-refractivity contribution < 1.29 is 64.4 Å². The van der Waals surface area contributed by atoms with Gasteiger partial charge in [-0.15, -0.1) is 0 Å². The van der Waals surface area contributed by atoms with Crippen LogP contribution in [0, 0.1) is 0 Å². The molecule has 0 aromatic heterocycles. The molecule has 156 valence electrons. The van der Waals surface area contributed by atoms with Gasteiger partial charge in [0.25, 0.3) is 0 Å². The molecule has 0 fully saturated rings. The first-order chi connectivity index (χ1) is 13.5. The minimum Gasteiger partial charge on any atom is -0.744 e. The fourth-order valence-electron chi connectivity index (χ4n) is 3.94. The van der Waals surface area contributed by atoms with Gasteiger partial charge < -0.3 is 4.55 Å². The van der Waals surface area contributed by atoms with Crippen molar-refractivity contribution >= 4 is 20.9 Å². The summed E-state index contributed by atoms with van der Waals surface area (Å²) in [6.07, 6.45) is 15.9. The van der Waals surface area contributed by atoms with E-state index in [0.717, 1.165) is 18.2 Å². The van der Waals surface area contributed by atoms with E-state index in [4.69, 9.17) is 0 Å². The first kappa shape index (κ1) is 27.3. The Hall–Kier alpha value is 0.246. The second-order valence-corrected chi connectivity index (χ2v) is 9.18. The average molecular weight is 443 g/mol. The van der Waals surface area contributed by atoms with Gasteiger partial charge in [0, 0.05) is 0 Å². The minimum atomic E-state index is -4.48. The molecule has 0 radical (unpaired) electrons. The smallest absolute Gasteiger partial charge is 0.744 e. The average Bonchev–Trinajstić information content (AvgIpc) is 2.67. The summed E-state index contributed by atoms with van der Waals surface area (Å²) >= 11 is 0. The molecule has 0 N–H and O–H groups in total. The van der Waals surface area contributed by atoms with Crippen molar-refractivity contribution in [2.75, 3.05) is 0 Å². The Morgan fingerprint density at radius 1 is 0.724 bits per heavy atom. The summed E-state index contributed by atoms with van der Waals surface area (Å²) in [5.74, 6) is 0. The van der Waals surface area contributed by atoms with Gasteiger partial charge in [0.2, 0.25) is 0 Å². The minimum absolute atomic E-state index is 0. The molecule has 0 heterocycles. The summed E-state index contributed by atoms with van der Waals surface area (Å²) in [5.41, 5.74) is 0.667. The molecular formula is C24H35KO3S. The van der Waals surface area contributed by atoms with Gasteiger partial charge >= 0.3 is 51.4 Å². The van der Waals surface area contributed by atoms with Crippen LogP contribution in [0.5, 0.6) is 0 Å². The van der Waals surface area contributed by atoms with Gasteiger partial charge in [-0.1, -0.05) is 114 Å². The molecule has 0 atom stereocenters. The van der Waals surface area contributed by atoms with Crippen LogP contribution in [0.3, 0.4) is 0 Å². The van der Waals surface area contributed by atoms with Gasteiger partial charge in [-0.2, -0.15) is 0 Å². The summed E-state index contributed by atoms with van der Waals surface area (Å²) in [6, 6.07) is 10.9. The number of unbranched alkanes of at least 4 members (excludes halogenated alkanes) is 11. The molecule has 3 nitrogen and oxygen atoms in total. The summed E-state index contributed by atoms with van der Waals surface area (Å²) in [4.78, 5) is -0.0197. The van der Waals surface area contributed by atoms with Crippen LogP contribution >= 0.6 is 0 Å². The van der Waals surface area contributed by atoms with Crippen LogP contribution in [0.2, 0.25) is 0 Å². The van der Waals surface area contributed by atoms with E-state index in [9.17, 15) is 13.0 Å². The zero-order chi connectivity index (χ0) is 20.2. The molecule has 0 aliphatic heterocycles. The normalized spacial score (nSPS) is 11.5. The molecule has 0 amide bonds. The van der Waals surface area contributed by atoms with Crippen molar-refractivity contribution in [1.82, 2.24) is 0 Å². The zero-order valence-electron chi connectivity index (χ0n) is 18.3. The maximum absolute atomic E-state index is 11.8. The summed E-state index contributed by atoms with van der Waals surface area (Å²) in [5, 5.41) is 1.35. The maximum Gasteiger partial charge on any atom is 1.00 e. The Balaban J connectivity index is 0.00000420. The van der Waals surface area contributed by atoms with Crippen LogP contribution in [0.25, 0.3) is 10.8 Å². The summed E-state index contributed by atoms with van der Waals surface area (Å²) in [7, 11) is -4.48. The predicted molar refractivity (Wildman–Crippen MR) is 117 cm³/mol. The zero-order valence-corrected chi connectivity index (χ0v) is 22.2. The van der Waals surface area contributed by atoms with Crippen LogP contribution in [-0.2, 0) is 16.5 Å². The molecule has 0 saturated heterocycles. The fraction of sp³-hybridized carbons (Fsp3) is 0.583. The Morgan fingerprint density at radius 3 is 1.79 bits per heavy atom. The van der Waals surface area contributed by atoms with Gasteiger partial charge in [0.05, 0.1) is 4.90 Å². The van der Waals surface area contributed by atoms with Gasteiger partial charge in [0.15, 0.2) is 0 Å². The van der Waals surface area contributed by atoms with E-state index in [1.54, 1.807) is 12.1 Å². The number of aryl methyl sites for hydroxylation is 1. The third kappa shape index (κ3) is 9.94. The molecule has 2 rings (SSSR count). The number of hydrogen-bond donors (Lipinski definition) is 0. The quantitative estimate of drug-likeness (QED) is 0.252. The monoisotopic (exact) mass is 442 g/mol. The van der Waals surface area contributed by atoms with E-state index in [1.165, 1.54) is 64.2 Å². The predicted octanol–water partition coefficient (Wildman–Crippen LogP) is 3.99. The Labute approximate surface area is 220 Å². The van der Waals surface area contributed by atoms with E-state index in [1.807, 2.05) is 24.3 Å². The van der Waals surface area contributed by atoms with Crippen LogP contribution in [0.15, 0.2) is 41.3 Å². The molecule has 29 heavy (non-hydrogen) atoms. The summed E-state index contributed by atoms with van der Waals surface area (Å²) < 4.78 is 35.5. The standard InChI is InChI=1S/C24H36O3S.K/c1-2-3-4-5-6-7-8-9-10-11-12-13-17-22-20-19-21-16-14-15-18-23(21)24(22)28(25,26)27;/h14-16,18-20H,2-13,17H2,1H3,(H,25,26,27);/q;+1/p-1. The van der Waals surface area contributed by atoms with E-state index in [2.05, 4.69) is 6.92 Å². The van der Waals surface area contributed by atoms with E-state index >= 15 is 0 Å². The molecule has 0 unspecified atom stereocenters. The number of benzene rings is 2. The third-order valence-electron chi connectivity index (χ3n) is 5.51. The molecule has 0 bridgehead atoms. The van der Waals surface area contributed by atoms with Crippen molar-refractivity contribution in [3.8, 4) is 0 Å². The van der Waals surface area contributed by atoms with E-state index < -0.39 is 10.1 Å². The van der Waals surface area contributed by atoms with Crippen molar-refractivity contribution in [1.29, 1.82) is 0 Å².